The van der Waals surface area contributed by atoms with Crippen molar-refractivity contribution in [2.45, 2.75) is 57.2 Å². The van der Waals surface area contributed by atoms with E-state index in [9.17, 15) is 9.59 Å². The largest absolute Gasteiger partial charge is 0.376 e. The molecule has 0 aromatic carbocycles. The van der Waals surface area contributed by atoms with Crippen molar-refractivity contribution in [1.29, 1.82) is 0 Å². The Hall–Kier alpha value is -1.10. The van der Waals surface area contributed by atoms with Crippen LogP contribution in [0.15, 0.2) is 0 Å². The van der Waals surface area contributed by atoms with Crippen molar-refractivity contribution < 1.29 is 14.3 Å². The normalized spacial score (nSPS) is 35.6. The van der Waals surface area contributed by atoms with Crippen LogP contribution in [0, 0.1) is 5.92 Å². The van der Waals surface area contributed by atoms with Crippen LogP contribution in [0.3, 0.4) is 0 Å². The summed E-state index contributed by atoms with van der Waals surface area (Å²) >= 11 is 0. The number of ether oxygens (including phenoxy) is 1. The molecule has 0 radical (unpaired) electrons. The van der Waals surface area contributed by atoms with Crippen LogP contribution in [-0.4, -0.2) is 48.1 Å². The first kappa shape index (κ1) is 12.9. The number of hydrogen-bond acceptors (Lipinski definition) is 3. The monoisotopic (exact) mass is 266 g/mol. The van der Waals surface area contributed by atoms with Crippen LogP contribution in [0.5, 0.6) is 0 Å². The second-order valence-electron chi connectivity index (χ2n) is 5.87. The Balaban J connectivity index is 1.74. The highest BCUT2D eigenvalue weighted by molar-refractivity contribution is 5.97. The standard InChI is InChI=1S/C14H22N2O3/c1-2-11-13(17)15-12(9-5-6-9)14(18)16(11)8-10-4-3-7-19-10/h9-12H,2-8H2,1H3,(H,15,17). The molecule has 3 unspecified atom stereocenters. The zero-order chi connectivity index (χ0) is 13.4. The van der Waals surface area contributed by atoms with Gasteiger partial charge in [0.25, 0.3) is 0 Å². The number of carbonyl (C=O) groups is 2. The van der Waals surface area contributed by atoms with Crippen molar-refractivity contribution in [3.05, 3.63) is 0 Å². The number of nitrogens with zero attached hydrogens (tertiary/aromatic N) is 1. The molecule has 3 aliphatic rings. The molecule has 106 valence electrons. The fourth-order valence-electron chi connectivity index (χ4n) is 3.16. The third-order valence-electron chi connectivity index (χ3n) is 4.43. The van der Waals surface area contributed by atoms with Crippen molar-refractivity contribution in [1.82, 2.24) is 10.2 Å². The summed E-state index contributed by atoms with van der Waals surface area (Å²) < 4.78 is 5.62. The predicted octanol–water partition coefficient (Wildman–Crippen LogP) is 0.681. The van der Waals surface area contributed by atoms with Crippen LogP contribution in [0.4, 0.5) is 0 Å². The Morgan fingerprint density at radius 1 is 1.32 bits per heavy atom. The average molecular weight is 266 g/mol. The lowest BCUT2D eigenvalue weighted by Gasteiger charge is -2.39. The summed E-state index contributed by atoms with van der Waals surface area (Å²) in [7, 11) is 0. The molecule has 3 fully saturated rings. The molecule has 1 saturated carbocycles. The molecule has 2 aliphatic heterocycles. The van der Waals surface area contributed by atoms with E-state index in [1.54, 1.807) is 4.90 Å². The van der Waals surface area contributed by atoms with Crippen molar-refractivity contribution >= 4 is 11.8 Å². The first-order valence-electron chi connectivity index (χ1n) is 7.43. The maximum Gasteiger partial charge on any atom is 0.246 e. The zero-order valence-corrected chi connectivity index (χ0v) is 11.4. The zero-order valence-electron chi connectivity index (χ0n) is 11.4. The molecule has 0 bridgehead atoms. The molecule has 5 nitrogen and oxygen atoms in total. The molecule has 2 saturated heterocycles. The van der Waals surface area contributed by atoms with Gasteiger partial charge in [0.15, 0.2) is 0 Å². The van der Waals surface area contributed by atoms with Crippen LogP contribution >= 0.6 is 0 Å². The first-order chi connectivity index (χ1) is 9.20. The number of carbonyl (C=O) groups excluding carboxylic acids is 2. The predicted molar refractivity (Wildman–Crippen MR) is 69.4 cm³/mol. The molecule has 0 spiro atoms. The van der Waals surface area contributed by atoms with Crippen LogP contribution in [0.1, 0.15) is 39.0 Å². The lowest BCUT2D eigenvalue weighted by molar-refractivity contribution is -0.151. The molecule has 1 aliphatic carbocycles. The molecular formula is C14H22N2O3. The lowest BCUT2D eigenvalue weighted by Crippen LogP contribution is -2.64. The van der Waals surface area contributed by atoms with E-state index in [0.29, 0.717) is 18.9 Å². The van der Waals surface area contributed by atoms with E-state index < -0.39 is 0 Å². The Kier molecular flexibility index (Phi) is 3.48. The van der Waals surface area contributed by atoms with Gasteiger partial charge in [0.05, 0.1) is 6.10 Å². The minimum atomic E-state index is -0.313. The smallest absolute Gasteiger partial charge is 0.246 e. The van der Waals surface area contributed by atoms with Crippen molar-refractivity contribution in [2.75, 3.05) is 13.2 Å². The molecule has 0 aromatic rings. The number of nitrogens with one attached hydrogen (secondary N) is 1. The Bertz CT molecular complexity index is 375. The second-order valence-corrected chi connectivity index (χ2v) is 5.87. The summed E-state index contributed by atoms with van der Waals surface area (Å²) in [4.78, 5) is 26.5. The van der Waals surface area contributed by atoms with E-state index in [1.165, 1.54) is 0 Å². The fourth-order valence-corrected chi connectivity index (χ4v) is 3.16. The summed E-state index contributed by atoms with van der Waals surface area (Å²) in [5, 5.41) is 2.91. The van der Waals surface area contributed by atoms with Crippen molar-refractivity contribution in [2.24, 2.45) is 5.92 Å². The van der Waals surface area contributed by atoms with Gasteiger partial charge < -0.3 is 15.0 Å². The van der Waals surface area contributed by atoms with Crippen molar-refractivity contribution in [3.63, 3.8) is 0 Å². The summed E-state index contributed by atoms with van der Waals surface area (Å²) in [6, 6.07) is -0.594. The summed E-state index contributed by atoms with van der Waals surface area (Å²) in [5.74, 6) is 0.475. The minimum absolute atomic E-state index is 0.0111. The van der Waals surface area contributed by atoms with Gasteiger partial charge >= 0.3 is 0 Å². The van der Waals surface area contributed by atoms with Gasteiger partial charge in [-0.05, 0) is 38.0 Å². The highest BCUT2D eigenvalue weighted by Crippen LogP contribution is 2.35. The van der Waals surface area contributed by atoms with Gasteiger partial charge in [-0.15, -0.1) is 0 Å². The Labute approximate surface area is 113 Å². The van der Waals surface area contributed by atoms with E-state index in [-0.39, 0.29) is 30.0 Å². The highest BCUT2D eigenvalue weighted by Gasteiger charge is 2.46. The van der Waals surface area contributed by atoms with Crippen LogP contribution in [0.25, 0.3) is 0 Å². The molecule has 3 rings (SSSR count). The molecule has 2 amide bonds. The number of rotatable bonds is 4. The molecule has 5 heteroatoms. The second kappa shape index (κ2) is 5.12. The topological polar surface area (TPSA) is 58.6 Å². The number of piperazine rings is 1. The third-order valence-corrected chi connectivity index (χ3v) is 4.43. The Morgan fingerprint density at radius 2 is 2.11 bits per heavy atom. The molecule has 1 N–H and O–H groups in total. The van der Waals surface area contributed by atoms with Crippen LogP contribution < -0.4 is 5.32 Å². The first-order valence-corrected chi connectivity index (χ1v) is 7.43. The number of amides is 2. The van der Waals surface area contributed by atoms with Gasteiger partial charge in [-0.3, -0.25) is 9.59 Å². The average Bonchev–Trinajstić information content (AvgIpc) is 3.11. The molecule has 3 atom stereocenters. The van der Waals surface area contributed by atoms with Gasteiger partial charge in [0.2, 0.25) is 11.8 Å². The van der Waals surface area contributed by atoms with Crippen LogP contribution in [-0.2, 0) is 14.3 Å². The molecule has 0 aromatic heterocycles. The minimum Gasteiger partial charge on any atom is -0.376 e. The maximum atomic E-state index is 12.6. The van der Waals surface area contributed by atoms with E-state index in [0.717, 1.165) is 32.3 Å². The summed E-state index contributed by atoms with van der Waals surface area (Å²) in [5.41, 5.74) is 0. The van der Waals surface area contributed by atoms with E-state index in [2.05, 4.69) is 5.32 Å². The molecule has 19 heavy (non-hydrogen) atoms. The van der Waals surface area contributed by atoms with Crippen LogP contribution in [0.2, 0.25) is 0 Å². The van der Waals surface area contributed by atoms with Gasteiger partial charge in [-0.2, -0.15) is 0 Å². The molecule has 2 heterocycles. The summed E-state index contributed by atoms with van der Waals surface area (Å²) in [6.07, 6.45) is 4.95. The van der Waals surface area contributed by atoms with E-state index in [4.69, 9.17) is 4.74 Å². The van der Waals surface area contributed by atoms with Gasteiger partial charge in [0, 0.05) is 13.2 Å². The maximum absolute atomic E-state index is 12.6. The SMILES string of the molecule is CCC1C(=O)NC(C2CC2)C(=O)N1CC1CCCO1. The van der Waals surface area contributed by atoms with E-state index >= 15 is 0 Å². The van der Waals surface area contributed by atoms with Crippen molar-refractivity contribution in [3.8, 4) is 0 Å². The van der Waals surface area contributed by atoms with Gasteiger partial charge in [0.1, 0.15) is 12.1 Å². The highest BCUT2D eigenvalue weighted by atomic mass is 16.5. The third kappa shape index (κ3) is 2.48. The Morgan fingerprint density at radius 3 is 2.68 bits per heavy atom. The van der Waals surface area contributed by atoms with E-state index in [1.807, 2.05) is 6.92 Å². The summed E-state index contributed by atoms with van der Waals surface area (Å²) in [6.45, 7) is 3.31. The quantitative estimate of drug-likeness (QED) is 0.814. The number of hydrogen-bond donors (Lipinski definition) is 1. The lowest BCUT2D eigenvalue weighted by atomic mass is 10.0. The molecular weight excluding hydrogens is 244 g/mol. The fraction of sp³-hybridized carbons (Fsp3) is 0.857. The van der Waals surface area contributed by atoms with Gasteiger partial charge in [-0.1, -0.05) is 6.92 Å². The van der Waals surface area contributed by atoms with Gasteiger partial charge in [-0.25, -0.2) is 0 Å².